The van der Waals surface area contributed by atoms with Crippen LogP contribution >= 0.6 is 0 Å². The van der Waals surface area contributed by atoms with E-state index in [1.165, 1.54) is 11.8 Å². The summed E-state index contributed by atoms with van der Waals surface area (Å²) in [5, 5.41) is 25.1. The van der Waals surface area contributed by atoms with Crippen molar-refractivity contribution in [3.63, 3.8) is 0 Å². The topological polar surface area (TPSA) is 185 Å². The van der Waals surface area contributed by atoms with Gasteiger partial charge in [-0.1, -0.05) is 12.1 Å². The Labute approximate surface area is 225 Å². The van der Waals surface area contributed by atoms with Crippen molar-refractivity contribution in [3.05, 3.63) is 29.8 Å². The number of nitrogens with one attached hydrogen (secondary N) is 3. The Bertz CT molecular complexity index is 1090. The van der Waals surface area contributed by atoms with Crippen LogP contribution in [-0.2, 0) is 35.2 Å². The van der Waals surface area contributed by atoms with Gasteiger partial charge in [0, 0.05) is 19.5 Å². The molecule has 0 aromatic heterocycles. The number of aromatic hydroxyl groups is 1. The van der Waals surface area contributed by atoms with Gasteiger partial charge in [0.2, 0.25) is 29.5 Å². The smallest absolute Gasteiger partial charge is 0.322 e. The monoisotopic (exact) mass is 545 g/mol. The van der Waals surface area contributed by atoms with E-state index < -0.39 is 54.9 Å². The number of amides is 5. The number of benzene rings is 1. The summed E-state index contributed by atoms with van der Waals surface area (Å²) >= 11 is 0. The molecule has 0 saturated carbocycles. The Morgan fingerprint density at radius 2 is 1.56 bits per heavy atom. The number of aryl methyl sites for hydroxylation is 1. The summed E-state index contributed by atoms with van der Waals surface area (Å²) in [4.78, 5) is 76.8. The van der Waals surface area contributed by atoms with Crippen LogP contribution in [0.4, 0.5) is 0 Å². The molecule has 2 aliphatic rings. The van der Waals surface area contributed by atoms with E-state index in [1.54, 1.807) is 29.2 Å². The second-order valence-electron chi connectivity index (χ2n) is 9.72. The zero-order valence-electron chi connectivity index (χ0n) is 21.9. The molecule has 3 rings (SSSR count). The highest BCUT2D eigenvalue weighted by Crippen LogP contribution is 2.26. The number of phenols is 1. The third-order valence-electron chi connectivity index (χ3n) is 6.87. The van der Waals surface area contributed by atoms with Gasteiger partial charge < -0.3 is 36.0 Å². The fourth-order valence-corrected chi connectivity index (χ4v) is 4.83. The van der Waals surface area contributed by atoms with Gasteiger partial charge in [-0.05, 0) is 56.7 Å². The van der Waals surface area contributed by atoms with E-state index in [4.69, 9.17) is 5.11 Å². The molecule has 1 aromatic carbocycles. The Kier molecular flexibility index (Phi) is 10.2. The molecule has 0 bridgehead atoms. The van der Waals surface area contributed by atoms with Crippen LogP contribution in [0.25, 0.3) is 0 Å². The van der Waals surface area contributed by atoms with Gasteiger partial charge in [0.15, 0.2) is 0 Å². The second-order valence-corrected chi connectivity index (χ2v) is 9.72. The Hall–Kier alpha value is -4.16. The molecule has 0 radical (unpaired) electrons. The molecule has 39 heavy (non-hydrogen) atoms. The SMILES string of the molecule is CC(NC(=O)CNC(=O)C1CCCN1C(=O)C1CCCN1C(=O)CCc1ccc(O)cc1)C(=O)NCC(=O)O. The molecule has 3 atom stereocenters. The van der Waals surface area contributed by atoms with Crippen molar-refractivity contribution >= 4 is 35.5 Å². The number of carboxylic acids is 1. The number of carboxylic acid groups (broad SMARTS) is 1. The largest absolute Gasteiger partial charge is 0.508 e. The van der Waals surface area contributed by atoms with Crippen molar-refractivity contribution in [2.24, 2.45) is 0 Å². The van der Waals surface area contributed by atoms with Crippen molar-refractivity contribution in [1.29, 1.82) is 0 Å². The fraction of sp³-hybridized carbons (Fsp3) is 0.538. The van der Waals surface area contributed by atoms with E-state index in [1.807, 2.05) is 0 Å². The maximum absolute atomic E-state index is 13.4. The minimum atomic E-state index is -1.22. The fourth-order valence-electron chi connectivity index (χ4n) is 4.83. The highest BCUT2D eigenvalue weighted by molar-refractivity contribution is 5.95. The molecule has 212 valence electrons. The Morgan fingerprint density at radius 1 is 0.923 bits per heavy atom. The van der Waals surface area contributed by atoms with Crippen molar-refractivity contribution in [3.8, 4) is 5.75 Å². The molecular weight excluding hydrogens is 510 g/mol. The number of carbonyl (C=O) groups is 6. The molecule has 0 aliphatic carbocycles. The lowest BCUT2D eigenvalue weighted by Gasteiger charge is -2.31. The lowest BCUT2D eigenvalue weighted by atomic mass is 10.1. The first-order valence-corrected chi connectivity index (χ1v) is 13.0. The zero-order chi connectivity index (χ0) is 28.5. The van der Waals surface area contributed by atoms with E-state index in [-0.39, 0.29) is 24.0 Å². The molecule has 2 heterocycles. The lowest BCUT2D eigenvalue weighted by Crippen LogP contribution is -2.54. The lowest BCUT2D eigenvalue weighted by molar-refractivity contribution is -0.146. The summed E-state index contributed by atoms with van der Waals surface area (Å²) in [6.07, 6.45) is 2.93. The predicted molar refractivity (Wildman–Crippen MR) is 137 cm³/mol. The van der Waals surface area contributed by atoms with Crippen LogP contribution in [0.2, 0.25) is 0 Å². The first kappa shape index (κ1) is 29.4. The summed E-state index contributed by atoms with van der Waals surface area (Å²) in [6.45, 7) is 1.22. The molecule has 2 aliphatic heterocycles. The van der Waals surface area contributed by atoms with Gasteiger partial charge in [0.25, 0.3) is 0 Å². The van der Waals surface area contributed by atoms with E-state index in [0.29, 0.717) is 45.2 Å². The number of nitrogens with zero attached hydrogens (tertiary/aromatic N) is 2. The van der Waals surface area contributed by atoms with Gasteiger partial charge >= 0.3 is 5.97 Å². The number of carbonyl (C=O) groups excluding carboxylic acids is 5. The number of phenolic OH excluding ortho intramolecular Hbond substituents is 1. The van der Waals surface area contributed by atoms with Crippen LogP contribution in [0.3, 0.4) is 0 Å². The van der Waals surface area contributed by atoms with E-state index in [0.717, 1.165) is 5.56 Å². The normalized spacial score (nSPS) is 19.3. The molecule has 3 unspecified atom stereocenters. The third kappa shape index (κ3) is 8.16. The highest BCUT2D eigenvalue weighted by atomic mass is 16.4. The van der Waals surface area contributed by atoms with Crippen LogP contribution in [-0.4, -0.2) is 99.8 Å². The molecule has 1 aromatic rings. The van der Waals surface area contributed by atoms with Gasteiger partial charge in [0.05, 0.1) is 6.54 Å². The van der Waals surface area contributed by atoms with Gasteiger partial charge in [-0.15, -0.1) is 0 Å². The minimum absolute atomic E-state index is 0.141. The average Bonchev–Trinajstić information content (AvgIpc) is 3.60. The molecule has 13 nitrogen and oxygen atoms in total. The standard InChI is InChI=1S/C26H35N5O8/c1-16(24(37)28-15-23(35)36)29-21(33)14-27-25(38)19-4-2-13-31(19)26(39)20-5-3-12-30(20)22(34)11-8-17-6-9-18(32)10-7-17/h6-7,9-10,16,19-20,32H,2-5,8,11-15H2,1H3,(H,27,38)(H,28,37)(H,29,33)(H,35,36). The van der Waals surface area contributed by atoms with Crippen molar-refractivity contribution < 1.29 is 39.0 Å². The molecule has 0 spiro atoms. The first-order valence-electron chi connectivity index (χ1n) is 13.0. The second kappa shape index (κ2) is 13.6. The van der Waals surface area contributed by atoms with E-state index in [9.17, 15) is 33.9 Å². The number of likely N-dealkylation sites (tertiary alicyclic amines) is 2. The molecule has 5 N–H and O–H groups in total. The minimum Gasteiger partial charge on any atom is -0.508 e. The van der Waals surface area contributed by atoms with Crippen LogP contribution in [0, 0.1) is 0 Å². The molecule has 5 amide bonds. The van der Waals surface area contributed by atoms with Crippen LogP contribution < -0.4 is 16.0 Å². The quantitative estimate of drug-likeness (QED) is 0.237. The number of hydrogen-bond acceptors (Lipinski definition) is 7. The van der Waals surface area contributed by atoms with Crippen molar-refractivity contribution in [2.45, 2.75) is 63.6 Å². The Balaban J connectivity index is 1.50. The summed E-state index contributed by atoms with van der Waals surface area (Å²) < 4.78 is 0. The third-order valence-corrected chi connectivity index (χ3v) is 6.87. The van der Waals surface area contributed by atoms with Gasteiger partial charge in [-0.2, -0.15) is 0 Å². The van der Waals surface area contributed by atoms with E-state index >= 15 is 0 Å². The van der Waals surface area contributed by atoms with Crippen molar-refractivity contribution in [1.82, 2.24) is 25.8 Å². The molecule has 2 saturated heterocycles. The van der Waals surface area contributed by atoms with Gasteiger partial charge in [-0.25, -0.2) is 0 Å². The highest BCUT2D eigenvalue weighted by Gasteiger charge is 2.42. The number of rotatable bonds is 11. The summed E-state index contributed by atoms with van der Waals surface area (Å²) in [7, 11) is 0. The van der Waals surface area contributed by atoms with Gasteiger partial charge in [-0.3, -0.25) is 28.8 Å². The summed E-state index contributed by atoms with van der Waals surface area (Å²) in [5.74, 6) is -3.31. The van der Waals surface area contributed by atoms with Gasteiger partial charge in [0.1, 0.15) is 30.4 Å². The van der Waals surface area contributed by atoms with Crippen LogP contribution in [0.15, 0.2) is 24.3 Å². The molecule has 2 fully saturated rings. The molecular formula is C26H35N5O8. The first-order chi connectivity index (χ1) is 18.6. The predicted octanol–water partition coefficient (Wildman–Crippen LogP) is -0.871. The van der Waals surface area contributed by atoms with Crippen molar-refractivity contribution in [2.75, 3.05) is 26.2 Å². The average molecular weight is 546 g/mol. The van der Waals surface area contributed by atoms with Crippen LogP contribution in [0.1, 0.15) is 44.6 Å². The molecule has 13 heteroatoms. The number of hydrogen-bond donors (Lipinski definition) is 5. The van der Waals surface area contributed by atoms with E-state index in [2.05, 4.69) is 16.0 Å². The number of aliphatic carboxylic acids is 1. The zero-order valence-corrected chi connectivity index (χ0v) is 21.9. The maximum Gasteiger partial charge on any atom is 0.322 e. The van der Waals surface area contributed by atoms with Crippen LogP contribution in [0.5, 0.6) is 5.75 Å². The summed E-state index contributed by atoms with van der Waals surface area (Å²) in [5.41, 5.74) is 0.902. The summed E-state index contributed by atoms with van der Waals surface area (Å²) in [6, 6.07) is 4.21. The maximum atomic E-state index is 13.4. The Morgan fingerprint density at radius 3 is 2.23 bits per heavy atom.